The van der Waals surface area contributed by atoms with Gasteiger partial charge < -0.3 is 19.5 Å². The zero-order valence-electron chi connectivity index (χ0n) is 13.7. The van der Waals surface area contributed by atoms with E-state index in [1.165, 1.54) is 5.56 Å². The Kier molecular flexibility index (Phi) is 4.99. The smallest absolute Gasteiger partial charge is 0.255 e. The SMILES string of the molecule is COCCCOC1CN(C(=O)C2(O)CCc3ccccc3C2)C1. The predicted molar refractivity (Wildman–Crippen MR) is 86.2 cm³/mol. The van der Waals surface area contributed by atoms with Gasteiger partial charge >= 0.3 is 0 Å². The number of hydrogen-bond donors (Lipinski definition) is 1. The lowest BCUT2D eigenvalue weighted by Gasteiger charge is -2.44. The van der Waals surface area contributed by atoms with Crippen LogP contribution in [0.3, 0.4) is 0 Å². The molecule has 1 amide bonds. The summed E-state index contributed by atoms with van der Waals surface area (Å²) in [5.41, 5.74) is 1.07. The van der Waals surface area contributed by atoms with Crippen LogP contribution in [-0.2, 0) is 27.1 Å². The molecule has 1 unspecified atom stereocenters. The van der Waals surface area contributed by atoms with Crippen molar-refractivity contribution in [3.05, 3.63) is 35.4 Å². The zero-order chi connectivity index (χ0) is 16.3. The van der Waals surface area contributed by atoms with Gasteiger partial charge in [-0.25, -0.2) is 0 Å². The fourth-order valence-electron chi connectivity index (χ4n) is 3.36. The molecule has 1 aromatic carbocycles. The van der Waals surface area contributed by atoms with E-state index in [-0.39, 0.29) is 12.0 Å². The van der Waals surface area contributed by atoms with E-state index in [0.717, 1.165) is 18.4 Å². The molecule has 1 aromatic rings. The normalized spacial score (nSPS) is 24.2. The van der Waals surface area contributed by atoms with Gasteiger partial charge in [-0.2, -0.15) is 0 Å². The van der Waals surface area contributed by atoms with E-state index in [1.54, 1.807) is 12.0 Å². The van der Waals surface area contributed by atoms with Gasteiger partial charge in [-0.3, -0.25) is 4.79 Å². The standard InChI is InChI=1S/C18H25NO4/c1-22-9-4-10-23-16-12-19(13-16)17(20)18(21)8-7-14-5-2-3-6-15(14)11-18/h2-3,5-6,16,21H,4,7-13H2,1H3. The lowest BCUT2D eigenvalue weighted by atomic mass is 9.79. The Balaban J connectivity index is 1.50. The van der Waals surface area contributed by atoms with Crippen LogP contribution < -0.4 is 0 Å². The minimum Gasteiger partial charge on any atom is -0.385 e. The maximum Gasteiger partial charge on any atom is 0.255 e. The molecule has 1 N–H and O–H groups in total. The van der Waals surface area contributed by atoms with Crippen LogP contribution in [0.1, 0.15) is 24.0 Å². The van der Waals surface area contributed by atoms with Crippen LogP contribution in [-0.4, -0.2) is 61.0 Å². The van der Waals surface area contributed by atoms with Crippen molar-refractivity contribution in [3.63, 3.8) is 0 Å². The monoisotopic (exact) mass is 319 g/mol. The number of ether oxygens (including phenoxy) is 2. The number of nitrogens with zero attached hydrogens (tertiary/aromatic N) is 1. The summed E-state index contributed by atoms with van der Waals surface area (Å²) in [7, 11) is 1.67. The van der Waals surface area contributed by atoms with Crippen LogP contribution in [0.15, 0.2) is 24.3 Å². The van der Waals surface area contributed by atoms with Gasteiger partial charge in [-0.1, -0.05) is 24.3 Å². The van der Waals surface area contributed by atoms with Crippen molar-refractivity contribution in [2.75, 3.05) is 33.4 Å². The zero-order valence-corrected chi connectivity index (χ0v) is 13.7. The average molecular weight is 319 g/mol. The molecule has 1 atom stereocenters. The number of carbonyl (C=O) groups excluding carboxylic acids is 1. The van der Waals surface area contributed by atoms with Crippen molar-refractivity contribution in [2.24, 2.45) is 0 Å². The topological polar surface area (TPSA) is 59.0 Å². The predicted octanol–water partition coefficient (Wildman–Crippen LogP) is 1.17. The number of methoxy groups -OCH3 is 1. The molecule has 0 aromatic heterocycles. The number of benzene rings is 1. The first-order valence-electron chi connectivity index (χ1n) is 8.31. The van der Waals surface area contributed by atoms with Crippen LogP contribution in [0, 0.1) is 0 Å². The van der Waals surface area contributed by atoms with Crippen molar-refractivity contribution in [1.29, 1.82) is 0 Å². The molecule has 5 nitrogen and oxygen atoms in total. The van der Waals surface area contributed by atoms with Gasteiger partial charge in [-0.15, -0.1) is 0 Å². The van der Waals surface area contributed by atoms with Gasteiger partial charge in [-0.05, 0) is 30.4 Å². The Morgan fingerprint density at radius 3 is 2.78 bits per heavy atom. The van der Waals surface area contributed by atoms with E-state index >= 15 is 0 Å². The van der Waals surface area contributed by atoms with E-state index in [2.05, 4.69) is 6.07 Å². The van der Waals surface area contributed by atoms with Gasteiger partial charge in [0.15, 0.2) is 0 Å². The van der Waals surface area contributed by atoms with Crippen molar-refractivity contribution in [2.45, 2.75) is 37.4 Å². The highest BCUT2D eigenvalue weighted by Crippen LogP contribution is 2.31. The van der Waals surface area contributed by atoms with E-state index in [4.69, 9.17) is 9.47 Å². The second-order valence-corrected chi connectivity index (χ2v) is 6.53. The molecule has 0 radical (unpaired) electrons. The highest BCUT2D eigenvalue weighted by molar-refractivity contribution is 5.86. The number of amides is 1. The largest absolute Gasteiger partial charge is 0.385 e. The minimum atomic E-state index is -1.25. The summed E-state index contributed by atoms with van der Waals surface area (Å²) in [5.74, 6) is -0.149. The number of likely N-dealkylation sites (tertiary alicyclic amines) is 1. The third-order valence-electron chi connectivity index (χ3n) is 4.79. The lowest BCUT2D eigenvalue weighted by Crippen LogP contribution is -2.62. The Labute approximate surface area is 137 Å². The fraction of sp³-hybridized carbons (Fsp3) is 0.611. The minimum absolute atomic E-state index is 0.0929. The molecule has 0 bridgehead atoms. The van der Waals surface area contributed by atoms with E-state index < -0.39 is 5.60 Å². The maximum absolute atomic E-state index is 12.6. The third-order valence-corrected chi connectivity index (χ3v) is 4.79. The molecule has 1 aliphatic carbocycles. The molecule has 1 saturated heterocycles. The van der Waals surface area contributed by atoms with Crippen LogP contribution >= 0.6 is 0 Å². The summed E-state index contributed by atoms with van der Waals surface area (Å²) in [4.78, 5) is 14.4. The van der Waals surface area contributed by atoms with Gasteiger partial charge in [0.25, 0.3) is 5.91 Å². The van der Waals surface area contributed by atoms with Crippen molar-refractivity contribution < 1.29 is 19.4 Å². The number of aliphatic hydroxyl groups is 1. The summed E-state index contributed by atoms with van der Waals surface area (Å²) >= 11 is 0. The molecule has 1 heterocycles. The van der Waals surface area contributed by atoms with E-state index in [1.807, 2.05) is 18.2 Å². The van der Waals surface area contributed by atoms with Crippen LogP contribution in [0.2, 0.25) is 0 Å². The Morgan fingerprint density at radius 2 is 2.04 bits per heavy atom. The maximum atomic E-state index is 12.6. The van der Waals surface area contributed by atoms with Gasteiger partial charge in [0.05, 0.1) is 6.10 Å². The molecule has 0 saturated carbocycles. The van der Waals surface area contributed by atoms with Gasteiger partial charge in [0, 0.05) is 39.8 Å². The Morgan fingerprint density at radius 1 is 1.30 bits per heavy atom. The Hall–Kier alpha value is -1.43. The molecule has 23 heavy (non-hydrogen) atoms. The quantitative estimate of drug-likeness (QED) is 0.800. The van der Waals surface area contributed by atoms with Crippen LogP contribution in [0.4, 0.5) is 0 Å². The summed E-state index contributed by atoms with van der Waals surface area (Å²) in [6, 6.07) is 8.05. The fourth-order valence-corrected chi connectivity index (χ4v) is 3.36. The third kappa shape index (κ3) is 3.57. The molecular formula is C18H25NO4. The number of hydrogen-bond acceptors (Lipinski definition) is 4. The van der Waals surface area contributed by atoms with Gasteiger partial charge in [0.1, 0.15) is 5.60 Å². The lowest BCUT2D eigenvalue weighted by molar-refractivity contribution is -0.166. The van der Waals surface area contributed by atoms with Crippen molar-refractivity contribution >= 4 is 5.91 Å². The van der Waals surface area contributed by atoms with Crippen molar-refractivity contribution in [3.8, 4) is 0 Å². The second kappa shape index (κ2) is 6.99. The highest BCUT2D eigenvalue weighted by Gasteiger charge is 2.45. The first kappa shape index (κ1) is 16.4. The number of fused-ring (bicyclic) bond motifs is 1. The average Bonchev–Trinajstić information content (AvgIpc) is 2.52. The summed E-state index contributed by atoms with van der Waals surface area (Å²) in [5, 5.41) is 10.8. The molecule has 1 fully saturated rings. The molecule has 1 aliphatic heterocycles. The first-order valence-corrected chi connectivity index (χ1v) is 8.31. The van der Waals surface area contributed by atoms with E-state index in [0.29, 0.717) is 39.1 Å². The summed E-state index contributed by atoms with van der Waals surface area (Å²) < 4.78 is 10.7. The molecule has 3 rings (SSSR count). The molecular weight excluding hydrogens is 294 g/mol. The first-order chi connectivity index (χ1) is 11.1. The highest BCUT2D eigenvalue weighted by atomic mass is 16.5. The number of aryl methyl sites for hydroxylation is 1. The number of rotatable bonds is 6. The molecule has 5 heteroatoms. The molecule has 126 valence electrons. The second-order valence-electron chi connectivity index (χ2n) is 6.53. The molecule has 2 aliphatic rings. The Bertz CT molecular complexity index is 556. The van der Waals surface area contributed by atoms with Crippen LogP contribution in [0.25, 0.3) is 0 Å². The molecule has 0 spiro atoms. The van der Waals surface area contributed by atoms with Crippen molar-refractivity contribution in [1.82, 2.24) is 4.90 Å². The summed E-state index contributed by atoms with van der Waals surface area (Å²) in [6.45, 7) is 2.50. The summed E-state index contributed by atoms with van der Waals surface area (Å²) in [6.07, 6.45) is 2.62. The van der Waals surface area contributed by atoms with Gasteiger partial charge in [0.2, 0.25) is 0 Å². The number of carbonyl (C=O) groups is 1. The van der Waals surface area contributed by atoms with Crippen LogP contribution in [0.5, 0.6) is 0 Å². The van der Waals surface area contributed by atoms with E-state index in [9.17, 15) is 9.90 Å².